The van der Waals surface area contributed by atoms with Crippen molar-refractivity contribution in [3.05, 3.63) is 36.4 Å². The van der Waals surface area contributed by atoms with Gasteiger partial charge in [-0.05, 0) is 28.6 Å². The summed E-state index contributed by atoms with van der Waals surface area (Å²) < 4.78 is 11.7. The molecule has 3 aromatic rings. The van der Waals surface area contributed by atoms with Gasteiger partial charge in [-0.3, -0.25) is 0 Å². The van der Waals surface area contributed by atoms with Crippen LogP contribution in [-0.4, -0.2) is 37.5 Å². The minimum Gasteiger partial charge on any atom is -0.377 e. The van der Waals surface area contributed by atoms with Crippen LogP contribution in [0.1, 0.15) is 5.82 Å². The number of tetrazole rings is 1. The van der Waals surface area contributed by atoms with Gasteiger partial charge in [0.1, 0.15) is 12.9 Å². The Hall–Kier alpha value is -2.61. The lowest BCUT2D eigenvalue weighted by atomic mass is 10.2. The first-order valence-corrected chi connectivity index (χ1v) is 5.52. The molecule has 0 atom stereocenters. The van der Waals surface area contributed by atoms with E-state index in [0.29, 0.717) is 18.3 Å². The van der Waals surface area contributed by atoms with Gasteiger partial charge in [0.2, 0.25) is 0 Å². The van der Waals surface area contributed by atoms with E-state index in [2.05, 4.69) is 25.7 Å². The average molecular weight is 258 g/mol. The molecule has 0 bridgehead atoms. The van der Waals surface area contributed by atoms with Crippen LogP contribution in [-0.2, 0) is 11.3 Å². The third kappa shape index (κ3) is 2.33. The lowest BCUT2D eigenvalue weighted by molar-refractivity contribution is 0.174. The third-order valence-corrected chi connectivity index (χ3v) is 2.45. The van der Waals surface area contributed by atoms with Crippen molar-refractivity contribution in [2.24, 2.45) is 0 Å². The molecule has 3 rings (SSSR count). The summed E-state index contributed by atoms with van der Waals surface area (Å²) in [4.78, 5) is 4.23. The van der Waals surface area contributed by atoms with Gasteiger partial charge in [-0.1, -0.05) is 11.2 Å². The van der Waals surface area contributed by atoms with Gasteiger partial charge in [-0.2, -0.15) is 4.98 Å². The average Bonchev–Trinajstić information content (AvgIpc) is 3.11. The summed E-state index contributed by atoms with van der Waals surface area (Å²) in [7, 11) is 1.58. The largest absolute Gasteiger partial charge is 0.377 e. The molecule has 0 saturated carbocycles. The molecule has 1 aromatic carbocycles. The lowest BCUT2D eigenvalue weighted by Gasteiger charge is -2.00. The first-order chi connectivity index (χ1) is 9.36. The molecule has 0 unspecified atom stereocenters. The van der Waals surface area contributed by atoms with Gasteiger partial charge in [-0.15, -0.1) is 5.10 Å². The number of hydrogen-bond donors (Lipinski definition) is 0. The molecule has 0 aliphatic carbocycles. The minimum atomic E-state index is 0.316. The smallest absolute Gasteiger partial charge is 0.258 e. The molecular formula is C11H10N6O2. The molecule has 0 fully saturated rings. The Bertz CT molecular complexity index is 663. The summed E-state index contributed by atoms with van der Waals surface area (Å²) in [5.41, 5.74) is 1.61. The zero-order chi connectivity index (χ0) is 13.1. The van der Waals surface area contributed by atoms with Gasteiger partial charge in [0, 0.05) is 12.7 Å². The SMILES string of the molecule is COCc1noc(-c2cccc(-n3cnnn3)c2)n1. The summed E-state index contributed by atoms with van der Waals surface area (Å²) in [5, 5.41) is 14.8. The number of aromatic nitrogens is 6. The summed E-state index contributed by atoms with van der Waals surface area (Å²) in [5.74, 6) is 0.937. The summed E-state index contributed by atoms with van der Waals surface area (Å²) in [6, 6.07) is 7.48. The van der Waals surface area contributed by atoms with Crippen LogP contribution in [0.15, 0.2) is 35.1 Å². The Morgan fingerprint density at radius 1 is 1.37 bits per heavy atom. The van der Waals surface area contributed by atoms with Crippen molar-refractivity contribution in [1.82, 2.24) is 30.3 Å². The van der Waals surface area contributed by atoms with Crippen molar-refractivity contribution in [2.75, 3.05) is 7.11 Å². The maximum Gasteiger partial charge on any atom is 0.258 e. The third-order valence-electron chi connectivity index (χ3n) is 2.45. The molecule has 2 heterocycles. The predicted molar refractivity (Wildman–Crippen MR) is 63.2 cm³/mol. The standard InChI is InChI=1S/C11H10N6O2/c1-18-6-10-13-11(19-14-10)8-3-2-4-9(5-8)17-7-12-15-16-17/h2-5,7H,6H2,1H3. The second-order valence-electron chi connectivity index (χ2n) is 3.75. The molecule has 0 amide bonds. The molecule has 2 aromatic heterocycles. The van der Waals surface area contributed by atoms with Gasteiger partial charge in [-0.25, -0.2) is 4.68 Å². The van der Waals surface area contributed by atoms with Gasteiger partial charge < -0.3 is 9.26 Å². The fourth-order valence-electron chi connectivity index (χ4n) is 1.62. The highest BCUT2D eigenvalue weighted by molar-refractivity contribution is 5.57. The van der Waals surface area contributed by atoms with E-state index in [1.807, 2.05) is 24.3 Å². The van der Waals surface area contributed by atoms with E-state index < -0.39 is 0 Å². The van der Waals surface area contributed by atoms with Crippen LogP contribution in [0.25, 0.3) is 17.1 Å². The summed E-state index contributed by atoms with van der Waals surface area (Å²) >= 11 is 0. The predicted octanol–water partition coefficient (Wildman–Crippen LogP) is 0.859. The van der Waals surface area contributed by atoms with Crippen molar-refractivity contribution in [3.63, 3.8) is 0 Å². The zero-order valence-electron chi connectivity index (χ0n) is 10.1. The van der Waals surface area contributed by atoms with Crippen LogP contribution >= 0.6 is 0 Å². The quantitative estimate of drug-likeness (QED) is 0.685. The number of benzene rings is 1. The second-order valence-corrected chi connectivity index (χ2v) is 3.75. The van der Waals surface area contributed by atoms with E-state index in [1.165, 1.54) is 6.33 Å². The topological polar surface area (TPSA) is 91.8 Å². The zero-order valence-corrected chi connectivity index (χ0v) is 10.1. The number of nitrogens with zero attached hydrogens (tertiary/aromatic N) is 6. The molecule has 0 aliphatic rings. The van der Waals surface area contributed by atoms with E-state index in [4.69, 9.17) is 9.26 Å². The van der Waals surface area contributed by atoms with Crippen LogP contribution < -0.4 is 0 Å². The Kier molecular flexibility index (Phi) is 2.99. The normalized spacial score (nSPS) is 10.8. The Balaban J connectivity index is 1.94. The Morgan fingerprint density at radius 3 is 3.11 bits per heavy atom. The fourth-order valence-corrected chi connectivity index (χ4v) is 1.62. The Labute approximate surface area is 108 Å². The molecule has 0 aliphatic heterocycles. The van der Waals surface area contributed by atoms with Gasteiger partial charge in [0.05, 0.1) is 5.69 Å². The van der Waals surface area contributed by atoms with E-state index >= 15 is 0 Å². The Morgan fingerprint density at radius 2 is 2.32 bits per heavy atom. The van der Waals surface area contributed by atoms with Gasteiger partial charge >= 0.3 is 0 Å². The second kappa shape index (κ2) is 4.94. The lowest BCUT2D eigenvalue weighted by Crippen LogP contribution is -1.95. The van der Waals surface area contributed by atoms with E-state index in [1.54, 1.807) is 11.8 Å². The number of rotatable bonds is 4. The number of ether oxygens (including phenoxy) is 1. The maximum absolute atomic E-state index is 5.17. The molecule has 0 saturated heterocycles. The molecule has 8 heteroatoms. The monoisotopic (exact) mass is 258 g/mol. The van der Waals surface area contributed by atoms with Crippen LogP contribution in [0.5, 0.6) is 0 Å². The van der Waals surface area contributed by atoms with Crippen molar-refractivity contribution in [2.45, 2.75) is 6.61 Å². The summed E-state index contributed by atoms with van der Waals surface area (Å²) in [6.45, 7) is 0.316. The van der Waals surface area contributed by atoms with E-state index in [9.17, 15) is 0 Å². The van der Waals surface area contributed by atoms with Crippen molar-refractivity contribution < 1.29 is 9.26 Å². The van der Waals surface area contributed by atoms with Crippen molar-refractivity contribution in [3.8, 4) is 17.1 Å². The van der Waals surface area contributed by atoms with Gasteiger partial charge in [0.25, 0.3) is 5.89 Å². The van der Waals surface area contributed by atoms with E-state index in [-0.39, 0.29) is 0 Å². The minimum absolute atomic E-state index is 0.316. The highest BCUT2D eigenvalue weighted by atomic mass is 16.5. The maximum atomic E-state index is 5.17. The first-order valence-electron chi connectivity index (χ1n) is 5.52. The molecule has 19 heavy (non-hydrogen) atoms. The number of hydrogen-bond acceptors (Lipinski definition) is 7. The molecular weight excluding hydrogens is 248 g/mol. The molecule has 0 spiro atoms. The highest BCUT2D eigenvalue weighted by Gasteiger charge is 2.09. The fraction of sp³-hybridized carbons (Fsp3) is 0.182. The molecule has 8 nitrogen and oxygen atoms in total. The van der Waals surface area contributed by atoms with E-state index in [0.717, 1.165) is 11.3 Å². The van der Waals surface area contributed by atoms with Gasteiger partial charge in [0.15, 0.2) is 5.82 Å². The van der Waals surface area contributed by atoms with Crippen LogP contribution in [0.2, 0.25) is 0 Å². The van der Waals surface area contributed by atoms with Crippen LogP contribution in [0, 0.1) is 0 Å². The molecule has 0 N–H and O–H groups in total. The van der Waals surface area contributed by atoms with Crippen molar-refractivity contribution >= 4 is 0 Å². The molecule has 96 valence electrons. The van der Waals surface area contributed by atoms with Crippen molar-refractivity contribution in [1.29, 1.82) is 0 Å². The summed E-state index contributed by atoms with van der Waals surface area (Å²) in [6.07, 6.45) is 1.52. The molecule has 0 radical (unpaired) electrons. The van der Waals surface area contributed by atoms with Crippen LogP contribution in [0.4, 0.5) is 0 Å². The van der Waals surface area contributed by atoms with Crippen LogP contribution in [0.3, 0.4) is 0 Å². The number of methoxy groups -OCH3 is 1. The first kappa shape index (κ1) is 11.5. The highest BCUT2D eigenvalue weighted by Crippen LogP contribution is 2.20.